The molecule has 1 aliphatic heterocycles. The maximum absolute atomic E-state index is 4.80. The van der Waals surface area contributed by atoms with Gasteiger partial charge in [-0.1, -0.05) is 0 Å². The zero-order valence-corrected chi connectivity index (χ0v) is 6.03. The van der Waals surface area contributed by atoms with Gasteiger partial charge in [-0.15, -0.1) is 0 Å². The van der Waals surface area contributed by atoms with Gasteiger partial charge in [-0.25, -0.2) is 0 Å². The van der Waals surface area contributed by atoms with Gasteiger partial charge in [0.2, 0.25) is 0 Å². The molecule has 1 rings (SSSR count). The number of hydrogen-bond donors (Lipinski definition) is 2. The lowest BCUT2D eigenvalue weighted by Gasteiger charge is -2.12. The molecule has 0 aliphatic carbocycles. The Bertz CT molecular complexity index is 141. The minimum atomic E-state index is 0.690. The highest BCUT2D eigenvalue weighted by molar-refractivity contribution is 8.01. The van der Waals surface area contributed by atoms with Gasteiger partial charge >= 0.3 is 0 Å². The molecule has 0 bridgehead atoms. The lowest BCUT2D eigenvalue weighted by molar-refractivity contribution is 1.10. The van der Waals surface area contributed by atoms with Crippen molar-refractivity contribution >= 4 is 29.3 Å². The highest BCUT2D eigenvalue weighted by Gasteiger charge is 1.99. The first-order valence-corrected chi connectivity index (χ1v) is 3.47. The van der Waals surface area contributed by atoms with E-state index in [-0.39, 0.29) is 0 Å². The summed E-state index contributed by atoms with van der Waals surface area (Å²) in [6.45, 7) is 1.97. The smallest absolute Gasteiger partial charge is 0.180 e. The summed E-state index contributed by atoms with van der Waals surface area (Å²) < 4.78 is 2.87. The third kappa shape index (κ3) is 1.38. The molecule has 44 valence electrons. The van der Waals surface area contributed by atoms with Crippen molar-refractivity contribution in [3.8, 4) is 0 Å². The zero-order chi connectivity index (χ0) is 5.98. The molecule has 2 nitrogen and oxygen atoms in total. The van der Waals surface area contributed by atoms with Gasteiger partial charge in [0.05, 0.1) is 0 Å². The van der Waals surface area contributed by atoms with E-state index in [4.69, 9.17) is 12.2 Å². The second-order valence-electron chi connectivity index (χ2n) is 1.47. The molecule has 0 aromatic heterocycles. The fourth-order valence-electron chi connectivity index (χ4n) is 0.405. The summed E-state index contributed by atoms with van der Waals surface area (Å²) in [7, 11) is 0. The lowest BCUT2D eigenvalue weighted by atomic mass is 10.6. The maximum Gasteiger partial charge on any atom is 0.180 e. The molecule has 0 unspecified atom stereocenters. The van der Waals surface area contributed by atoms with E-state index in [1.165, 1.54) is 11.9 Å². The van der Waals surface area contributed by atoms with Crippen LogP contribution in [0, 0.1) is 0 Å². The van der Waals surface area contributed by atoms with Crippen LogP contribution in [-0.4, -0.2) is 5.11 Å². The molecule has 0 fully saturated rings. The second-order valence-corrected chi connectivity index (χ2v) is 2.56. The van der Waals surface area contributed by atoms with Crippen LogP contribution in [0.1, 0.15) is 6.92 Å². The molecular weight excluding hydrogens is 140 g/mol. The first-order chi connectivity index (χ1) is 3.79. The molecular formula is C4H6N2S2. The van der Waals surface area contributed by atoms with Crippen LogP contribution in [0.5, 0.6) is 0 Å². The molecule has 0 spiro atoms. The van der Waals surface area contributed by atoms with Crippen LogP contribution in [0.4, 0.5) is 0 Å². The molecule has 0 saturated heterocycles. The first-order valence-electron chi connectivity index (χ1n) is 2.18. The molecule has 0 radical (unpaired) electrons. The highest BCUT2D eigenvalue weighted by atomic mass is 32.2. The summed E-state index contributed by atoms with van der Waals surface area (Å²) in [5.74, 6) is 0. The van der Waals surface area contributed by atoms with Crippen LogP contribution in [0.3, 0.4) is 0 Å². The van der Waals surface area contributed by atoms with Gasteiger partial charge in [-0.3, -0.25) is 0 Å². The van der Waals surface area contributed by atoms with Crippen LogP contribution < -0.4 is 10.0 Å². The van der Waals surface area contributed by atoms with Gasteiger partial charge in [0.15, 0.2) is 5.11 Å². The standard InChI is InChI=1S/C4H6N2S2/c1-3-2-8-6-4(7)5-3/h2H,1H3,(H2,5,6,7). The average molecular weight is 146 g/mol. The van der Waals surface area contributed by atoms with Crippen LogP contribution in [0.15, 0.2) is 11.1 Å². The van der Waals surface area contributed by atoms with E-state index in [0.717, 1.165) is 5.70 Å². The van der Waals surface area contributed by atoms with Gasteiger partial charge in [0.1, 0.15) is 0 Å². The van der Waals surface area contributed by atoms with E-state index in [1.54, 1.807) is 0 Å². The fourth-order valence-corrected chi connectivity index (χ4v) is 1.16. The Hall–Kier alpha value is -0.220. The molecule has 4 heteroatoms. The summed E-state index contributed by atoms with van der Waals surface area (Å²) in [5.41, 5.74) is 1.10. The Morgan fingerprint density at radius 1 is 1.75 bits per heavy atom. The van der Waals surface area contributed by atoms with Gasteiger partial charge in [0.25, 0.3) is 0 Å². The molecule has 2 N–H and O–H groups in total. The molecule has 0 aromatic rings. The summed E-state index contributed by atoms with van der Waals surface area (Å²) >= 11 is 6.29. The van der Waals surface area contributed by atoms with Crippen LogP contribution >= 0.6 is 24.2 Å². The summed E-state index contributed by atoms with van der Waals surface area (Å²) in [5, 5.41) is 5.60. The van der Waals surface area contributed by atoms with Crippen molar-refractivity contribution in [2.75, 3.05) is 0 Å². The average Bonchev–Trinajstić information content (AvgIpc) is 1.64. The third-order valence-electron chi connectivity index (χ3n) is 0.698. The van der Waals surface area contributed by atoms with Crippen LogP contribution in [0.25, 0.3) is 0 Å². The Kier molecular flexibility index (Phi) is 1.75. The quantitative estimate of drug-likeness (QED) is 0.393. The van der Waals surface area contributed by atoms with Crippen molar-refractivity contribution in [2.24, 2.45) is 0 Å². The minimum Gasteiger partial charge on any atom is -0.335 e. The second kappa shape index (κ2) is 2.37. The normalized spacial score (nSPS) is 18.6. The minimum absolute atomic E-state index is 0.690. The van der Waals surface area contributed by atoms with Crippen molar-refractivity contribution in [1.29, 1.82) is 0 Å². The van der Waals surface area contributed by atoms with Gasteiger partial charge in [-0.05, 0) is 31.1 Å². The Labute approximate surface area is 57.9 Å². The third-order valence-corrected chi connectivity index (χ3v) is 1.82. The van der Waals surface area contributed by atoms with Crippen LogP contribution in [-0.2, 0) is 0 Å². The van der Waals surface area contributed by atoms with Gasteiger partial charge in [0, 0.05) is 11.1 Å². The monoisotopic (exact) mass is 146 g/mol. The van der Waals surface area contributed by atoms with E-state index in [9.17, 15) is 0 Å². The van der Waals surface area contributed by atoms with E-state index in [2.05, 4.69) is 10.0 Å². The molecule has 8 heavy (non-hydrogen) atoms. The fraction of sp³-hybridized carbons (Fsp3) is 0.250. The Balaban J connectivity index is 2.57. The van der Waals surface area contributed by atoms with Crippen molar-refractivity contribution < 1.29 is 0 Å². The summed E-state index contributed by atoms with van der Waals surface area (Å²) in [4.78, 5) is 0. The topological polar surface area (TPSA) is 24.1 Å². The largest absolute Gasteiger partial charge is 0.335 e. The predicted octanol–water partition coefficient (Wildman–Crippen LogP) is 0.974. The first kappa shape index (κ1) is 5.91. The predicted molar refractivity (Wildman–Crippen MR) is 40.2 cm³/mol. The summed E-state index contributed by atoms with van der Waals surface area (Å²) in [6.07, 6.45) is 0. The SMILES string of the molecule is CC1=CSNC(=S)N1. The molecule has 0 amide bonds. The van der Waals surface area contributed by atoms with Crippen molar-refractivity contribution in [3.05, 3.63) is 11.1 Å². The van der Waals surface area contributed by atoms with Crippen LogP contribution in [0.2, 0.25) is 0 Å². The van der Waals surface area contributed by atoms with E-state index < -0.39 is 0 Å². The van der Waals surface area contributed by atoms with Crippen molar-refractivity contribution in [2.45, 2.75) is 6.92 Å². The lowest BCUT2D eigenvalue weighted by Crippen LogP contribution is -2.32. The number of thiocarbonyl (C=S) groups is 1. The zero-order valence-electron chi connectivity index (χ0n) is 4.39. The molecule has 1 heterocycles. The van der Waals surface area contributed by atoms with Crippen molar-refractivity contribution in [1.82, 2.24) is 10.0 Å². The summed E-state index contributed by atoms with van der Waals surface area (Å²) in [6, 6.07) is 0. The number of nitrogens with one attached hydrogen (secondary N) is 2. The molecule has 0 aromatic carbocycles. The number of rotatable bonds is 0. The molecule has 1 aliphatic rings. The van der Waals surface area contributed by atoms with E-state index in [0.29, 0.717) is 5.11 Å². The molecule has 0 atom stereocenters. The van der Waals surface area contributed by atoms with Crippen molar-refractivity contribution in [3.63, 3.8) is 0 Å². The highest BCUT2D eigenvalue weighted by Crippen LogP contribution is 2.04. The number of allylic oxidation sites excluding steroid dienone is 1. The van der Waals surface area contributed by atoms with Gasteiger partial charge in [-0.2, -0.15) is 0 Å². The van der Waals surface area contributed by atoms with E-state index in [1.807, 2.05) is 12.3 Å². The number of hydrogen-bond acceptors (Lipinski definition) is 2. The molecule has 0 saturated carbocycles. The maximum atomic E-state index is 4.80. The van der Waals surface area contributed by atoms with E-state index >= 15 is 0 Å². The Morgan fingerprint density at radius 3 is 2.88 bits per heavy atom. The Morgan fingerprint density at radius 2 is 2.50 bits per heavy atom. The van der Waals surface area contributed by atoms with Gasteiger partial charge < -0.3 is 10.0 Å².